The van der Waals surface area contributed by atoms with Gasteiger partial charge in [0.2, 0.25) is 5.91 Å². The van der Waals surface area contributed by atoms with Crippen LogP contribution < -0.4 is 5.73 Å². The van der Waals surface area contributed by atoms with Crippen LogP contribution in [0.2, 0.25) is 0 Å². The Kier molecular flexibility index (Phi) is 3.47. The van der Waals surface area contributed by atoms with Gasteiger partial charge in [0.15, 0.2) is 5.69 Å². The Balaban J connectivity index is 2.41. The maximum absolute atomic E-state index is 12.0. The van der Waals surface area contributed by atoms with Crippen molar-refractivity contribution in [1.29, 1.82) is 0 Å². The van der Waals surface area contributed by atoms with Crippen molar-refractivity contribution in [1.82, 2.24) is 14.5 Å². The number of amides is 2. The molecule has 0 bridgehead atoms. The van der Waals surface area contributed by atoms with Crippen LogP contribution in [0.5, 0.6) is 0 Å². The van der Waals surface area contributed by atoms with Gasteiger partial charge in [0.25, 0.3) is 5.91 Å². The number of carbonyl (C=O) groups excluding carboxylic acids is 3. The summed E-state index contributed by atoms with van der Waals surface area (Å²) < 4.78 is 6.26. The molecule has 0 spiro atoms. The van der Waals surface area contributed by atoms with Crippen LogP contribution >= 0.6 is 0 Å². The highest BCUT2D eigenvalue weighted by Crippen LogP contribution is 2.29. The number of hydrogen-bond acceptors (Lipinski definition) is 6. The second-order valence-electron chi connectivity index (χ2n) is 4.49. The number of imidazole rings is 1. The molecule has 1 saturated heterocycles. The SMILES string of the molecule is CCOC(=O)c1nc(C)n(C2CC(=O)N(C)C2=O)c1N. The predicted molar refractivity (Wildman–Crippen MR) is 68.8 cm³/mol. The lowest BCUT2D eigenvalue weighted by Crippen LogP contribution is -2.27. The molecule has 2 N–H and O–H groups in total. The van der Waals surface area contributed by atoms with E-state index in [4.69, 9.17) is 10.5 Å². The van der Waals surface area contributed by atoms with Gasteiger partial charge in [0, 0.05) is 7.05 Å². The van der Waals surface area contributed by atoms with Crippen molar-refractivity contribution < 1.29 is 19.1 Å². The number of anilines is 1. The average Bonchev–Trinajstić information content (AvgIpc) is 2.82. The van der Waals surface area contributed by atoms with E-state index in [2.05, 4.69) is 4.98 Å². The number of nitrogens with zero attached hydrogens (tertiary/aromatic N) is 3. The van der Waals surface area contributed by atoms with Crippen LogP contribution in [0.1, 0.15) is 35.7 Å². The molecule has 8 heteroatoms. The highest BCUT2D eigenvalue weighted by molar-refractivity contribution is 6.04. The fourth-order valence-electron chi connectivity index (χ4n) is 2.24. The van der Waals surface area contributed by atoms with E-state index in [1.807, 2.05) is 0 Å². The summed E-state index contributed by atoms with van der Waals surface area (Å²) in [5, 5.41) is 0. The topological polar surface area (TPSA) is 108 Å². The smallest absolute Gasteiger partial charge is 0.360 e. The molecule has 20 heavy (non-hydrogen) atoms. The van der Waals surface area contributed by atoms with Crippen LogP contribution in [0.4, 0.5) is 5.82 Å². The maximum Gasteiger partial charge on any atom is 0.360 e. The van der Waals surface area contributed by atoms with E-state index < -0.39 is 12.0 Å². The Hall–Kier alpha value is -2.38. The van der Waals surface area contributed by atoms with Crippen molar-refractivity contribution in [2.24, 2.45) is 0 Å². The molecule has 1 aromatic heterocycles. The summed E-state index contributed by atoms with van der Waals surface area (Å²) in [6.45, 7) is 3.50. The summed E-state index contributed by atoms with van der Waals surface area (Å²) >= 11 is 0. The standard InChI is InChI=1S/C12H16N4O4/c1-4-20-12(19)9-10(13)16(6(2)14-9)7-5-8(17)15(3)11(7)18/h7H,4-5,13H2,1-3H3. The predicted octanol–water partition coefficient (Wildman–Crippen LogP) is -0.120. The molecule has 0 aromatic carbocycles. The minimum Gasteiger partial charge on any atom is -0.461 e. The third-order valence-electron chi connectivity index (χ3n) is 3.26. The largest absolute Gasteiger partial charge is 0.461 e. The first-order chi connectivity index (χ1) is 9.38. The lowest BCUT2D eigenvalue weighted by molar-refractivity contribution is -0.137. The number of ether oxygens (including phenoxy) is 1. The molecule has 1 aliphatic heterocycles. The second kappa shape index (κ2) is 4.95. The van der Waals surface area contributed by atoms with Gasteiger partial charge in [-0.3, -0.25) is 14.5 Å². The first-order valence-electron chi connectivity index (χ1n) is 6.20. The van der Waals surface area contributed by atoms with Gasteiger partial charge in [-0.1, -0.05) is 0 Å². The summed E-state index contributed by atoms with van der Waals surface area (Å²) in [6, 6.07) is -0.747. The Bertz CT molecular complexity index is 593. The summed E-state index contributed by atoms with van der Waals surface area (Å²) in [5.74, 6) is -0.853. The summed E-state index contributed by atoms with van der Waals surface area (Å²) in [6.07, 6.45) is 0.0129. The van der Waals surface area contributed by atoms with E-state index in [0.717, 1.165) is 4.90 Å². The Labute approximate surface area is 115 Å². The van der Waals surface area contributed by atoms with Crippen LogP contribution in [0, 0.1) is 6.92 Å². The molecule has 1 fully saturated rings. The molecule has 108 valence electrons. The highest BCUT2D eigenvalue weighted by atomic mass is 16.5. The van der Waals surface area contributed by atoms with Crippen molar-refractivity contribution in [3.63, 3.8) is 0 Å². The van der Waals surface area contributed by atoms with Crippen molar-refractivity contribution in [2.75, 3.05) is 19.4 Å². The lowest BCUT2D eigenvalue weighted by Gasteiger charge is -2.13. The van der Waals surface area contributed by atoms with E-state index >= 15 is 0 Å². The van der Waals surface area contributed by atoms with Crippen molar-refractivity contribution in [3.8, 4) is 0 Å². The van der Waals surface area contributed by atoms with Crippen molar-refractivity contribution in [3.05, 3.63) is 11.5 Å². The minimum atomic E-state index is -0.747. The summed E-state index contributed by atoms with van der Waals surface area (Å²) in [5.41, 5.74) is 5.86. The van der Waals surface area contributed by atoms with Crippen LogP contribution in [0.3, 0.4) is 0 Å². The third-order valence-corrected chi connectivity index (χ3v) is 3.26. The molecule has 2 rings (SSSR count). The Morgan fingerprint density at radius 1 is 1.50 bits per heavy atom. The number of likely N-dealkylation sites (N-methyl/N-ethyl adjacent to an activating group) is 1. The van der Waals surface area contributed by atoms with Crippen LogP contribution in [0.15, 0.2) is 0 Å². The normalized spacial score (nSPS) is 18.8. The number of rotatable bonds is 3. The first kappa shape index (κ1) is 14.0. The van der Waals surface area contributed by atoms with E-state index in [1.165, 1.54) is 11.6 Å². The number of nitrogen functional groups attached to an aromatic ring is 1. The molecule has 1 atom stereocenters. The number of nitrogens with two attached hydrogens (primary N) is 1. The van der Waals surface area contributed by atoms with Crippen LogP contribution in [-0.2, 0) is 14.3 Å². The van der Waals surface area contributed by atoms with Crippen molar-refractivity contribution >= 4 is 23.6 Å². The van der Waals surface area contributed by atoms with Gasteiger partial charge >= 0.3 is 5.97 Å². The number of aryl methyl sites for hydroxylation is 1. The van der Waals surface area contributed by atoms with E-state index in [0.29, 0.717) is 5.82 Å². The number of imide groups is 1. The number of likely N-dealkylation sites (tertiary alicyclic amines) is 1. The number of esters is 1. The molecule has 0 saturated carbocycles. The molecule has 8 nitrogen and oxygen atoms in total. The van der Waals surface area contributed by atoms with Gasteiger partial charge in [0.05, 0.1) is 13.0 Å². The third kappa shape index (κ3) is 2.02. The van der Waals surface area contributed by atoms with Crippen LogP contribution in [0.25, 0.3) is 0 Å². The molecule has 1 aliphatic rings. The first-order valence-corrected chi connectivity index (χ1v) is 6.20. The lowest BCUT2D eigenvalue weighted by atomic mass is 10.2. The molecule has 1 unspecified atom stereocenters. The monoisotopic (exact) mass is 280 g/mol. The molecule has 0 radical (unpaired) electrons. The zero-order chi connectivity index (χ0) is 15.0. The molecule has 0 aliphatic carbocycles. The van der Waals surface area contributed by atoms with Gasteiger partial charge in [0.1, 0.15) is 17.7 Å². The number of hydrogen-bond donors (Lipinski definition) is 1. The van der Waals surface area contributed by atoms with Gasteiger partial charge in [-0.2, -0.15) is 0 Å². The number of aromatic nitrogens is 2. The van der Waals surface area contributed by atoms with Crippen molar-refractivity contribution in [2.45, 2.75) is 26.3 Å². The minimum absolute atomic E-state index is 0.0129. The van der Waals surface area contributed by atoms with E-state index in [-0.39, 0.29) is 36.4 Å². The molecule has 2 heterocycles. The quantitative estimate of drug-likeness (QED) is 0.611. The zero-order valence-corrected chi connectivity index (χ0v) is 11.5. The second-order valence-corrected chi connectivity index (χ2v) is 4.49. The summed E-state index contributed by atoms with van der Waals surface area (Å²) in [7, 11) is 1.42. The Morgan fingerprint density at radius 2 is 2.15 bits per heavy atom. The fraction of sp³-hybridized carbons (Fsp3) is 0.500. The molecular weight excluding hydrogens is 264 g/mol. The van der Waals surface area contributed by atoms with Gasteiger partial charge in [-0.15, -0.1) is 0 Å². The van der Waals surface area contributed by atoms with Crippen LogP contribution in [-0.4, -0.2) is 45.9 Å². The molecular formula is C12H16N4O4. The average molecular weight is 280 g/mol. The van der Waals surface area contributed by atoms with Gasteiger partial charge in [-0.25, -0.2) is 9.78 Å². The molecule has 1 aromatic rings. The van der Waals surface area contributed by atoms with E-state index in [1.54, 1.807) is 13.8 Å². The Morgan fingerprint density at radius 3 is 2.65 bits per heavy atom. The maximum atomic E-state index is 12.0. The zero-order valence-electron chi connectivity index (χ0n) is 11.5. The summed E-state index contributed by atoms with van der Waals surface area (Å²) in [4.78, 5) is 40.4. The van der Waals surface area contributed by atoms with Gasteiger partial charge in [-0.05, 0) is 13.8 Å². The molecule has 2 amide bonds. The highest BCUT2D eigenvalue weighted by Gasteiger charge is 2.39. The van der Waals surface area contributed by atoms with E-state index in [9.17, 15) is 14.4 Å². The van der Waals surface area contributed by atoms with Gasteiger partial charge < -0.3 is 15.0 Å². The number of carbonyl (C=O) groups is 3. The fourth-order valence-corrected chi connectivity index (χ4v) is 2.24.